The summed E-state index contributed by atoms with van der Waals surface area (Å²) in [7, 11) is 0. The van der Waals surface area contributed by atoms with Gasteiger partial charge in [-0.2, -0.15) is 0 Å². The fourth-order valence-corrected chi connectivity index (χ4v) is 3.26. The predicted octanol–water partition coefficient (Wildman–Crippen LogP) is 5.86. The summed E-state index contributed by atoms with van der Waals surface area (Å²) < 4.78 is 3.20. The van der Waals surface area contributed by atoms with Crippen LogP contribution < -0.4 is 0 Å². The molecule has 1 atom stereocenters. The van der Waals surface area contributed by atoms with Gasteiger partial charge in [-0.05, 0) is 36.2 Å². The molecule has 23 heavy (non-hydrogen) atoms. The Morgan fingerprint density at radius 1 is 1.09 bits per heavy atom. The van der Waals surface area contributed by atoms with Gasteiger partial charge in [-0.3, -0.25) is 0 Å². The minimum atomic E-state index is -1.82. The average Bonchev–Trinajstić information content (AvgIpc) is 2.51. The van der Waals surface area contributed by atoms with Crippen LogP contribution in [-0.2, 0) is 9.53 Å². The number of carbonyl (C=O) groups is 1. The summed E-state index contributed by atoms with van der Waals surface area (Å²) in [5.41, 5.74) is 1.34. The highest BCUT2D eigenvalue weighted by atomic mass is 35.5. The van der Waals surface area contributed by atoms with Gasteiger partial charge in [0.15, 0.2) is 0 Å². The molecule has 0 heterocycles. The molecular formula is C17H14Cl4O2. The zero-order valence-electron chi connectivity index (χ0n) is 12.2. The van der Waals surface area contributed by atoms with Crippen LogP contribution in [0.1, 0.15) is 24.0 Å². The molecule has 2 aromatic rings. The van der Waals surface area contributed by atoms with Crippen LogP contribution in [-0.4, -0.2) is 16.9 Å². The fourth-order valence-electron chi connectivity index (χ4n) is 2.29. The third kappa shape index (κ3) is 4.13. The second kappa shape index (κ2) is 7.76. The molecule has 0 aromatic heterocycles. The van der Waals surface area contributed by atoms with E-state index in [9.17, 15) is 4.79 Å². The van der Waals surface area contributed by atoms with Gasteiger partial charge in [-0.15, -0.1) is 0 Å². The van der Waals surface area contributed by atoms with E-state index < -0.39 is 16.2 Å². The average molecular weight is 392 g/mol. The monoisotopic (exact) mass is 390 g/mol. The standard InChI is InChI=1S/C17H14Cl4O2/c1-2-23-16(22)17(20,21)15(11-7-9-12(18)10-8-11)13-5-3-4-6-14(13)19/h3-10,15H,2H2,1H3/t15-/m1/s1. The Kier molecular flexibility index (Phi) is 6.21. The van der Waals surface area contributed by atoms with Crippen LogP contribution >= 0.6 is 46.4 Å². The first-order valence-corrected chi connectivity index (χ1v) is 8.44. The van der Waals surface area contributed by atoms with Crippen LogP contribution in [0.4, 0.5) is 0 Å². The quantitative estimate of drug-likeness (QED) is 0.471. The molecule has 122 valence electrons. The van der Waals surface area contributed by atoms with Crippen molar-refractivity contribution >= 4 is 52.4 Å². The van der Waals surface area contributed by atoms with Crippen LogP contribution in [0.3, 0.4) is 0 Å². The molecule has 0 saturated heterocycles. The van der Waals surface area contributed by atoms with Crippen molar-refractivity contribution in [2.45, 2.75) is 17.2 Å². The smallest absolute Gasteiger partial charge is 0.343 e. The molecule has 0 aliphatic heterocycles. The van der Waals surface area contributed by atoms with Crippen LogP contribution in [0.25, 0.3) is 0 Å². The minimum absolute atomic E-state index is 0.176. The zero-order chi connectivity index (χ0) is 17.0. The van der Waals surface area contributed by atoms with E-state index >= 15 is 0 Å². The molecule has 0 unspecified atom stereocenters. The summed E-state index contributed by atoms with van der Waals surface area (Å²) in [5, 5.41) is 1.03. The molecule has 0 bridgehead atoms. The summed E-state index contributed by atoms with van der Waals surface area (Å²) in [6, 6.07) is 14.0. The van der Waals surface area contributed by atoms with E-state index in [1.165, 1.54) is 0 Å². The van der Waals surface area contributed by atoms with Gasteiger partial charge >= 0.3 is 5.97 Å². The zero-order valence-corrected chi connectivity index (χ0v) is 15.3. The summed E-state index contributed by atoms with van der Waals surface area (Å²) in [6.45, 7) is 1.87. The van der Waals surface area contributed by atoms with Crippen LogP contribution in [0.5, 0.6) is 0 Å². The second-order valence-corrected chi connectivity index (χ2v) is 7.08. The van der Waals surface area contributed by atoms with Crippen molar-refractivity contribution in [2.24, 2.45) is 0 Å². The Morgan fingerprint density at radius 3 is 2.26 bits per heavy atom. The van der Waals surface area contributed by atoms with Crippen molar-refractivity contribution in [3.8, 4) is 0 Å². The van der Waals surface area contributed by atoms with E-state index in [4.69, 9.17) is 51.1 Å². The van der Waals surface area contributed by atoms with E-state index in [-0.39, 0.29) is 6.61 Å². The van der Waals surface area contributed by atoms with Gasteiger partial charge in [0.1, 0.15) is 0 Å². The van der Waals surface area contributed by atoms with Gasteiger partial charge in [0.05, 0.1) is 12.5 Å². The number of alkyl halides is 2. The number of rotatable bonds is 5. The molecular weight excluding hydrogens is 378 g/mol. The van der Waals surface area contributed by atoms with Crippen LogP contribution in [0.15, 0.2) is 48.5 Å². The lowest BCUT2D eigenvalue weighted by Crippen LogP contribution is -2.36. The maximum atomic E-state index is 12.3. The maximum absolute atomic E-state index is 12.3. The first-order chi connectivity index (χ1) is 10.9. The van der Waals surface area contributed by atoms with Gasteiger partial charge in [0.25, 0.3) is 0 Å². The Balaban J connectivity index is 2.58. The third-order valence-electron chi connectivity index (χ3n) is 3.33. The summed E-state index contributed by atoms with van der Waals surface area (Å²) >= 11 is 25.1. The summed E-state index contributed by atoms with van der Waals surface area (Å²) in [6.07, 6.45) is 0. The molecule has 6 heteroatoms. The minimum Gasteiger partial charge on any atom is -0.464 e. The van der Waals surface area contributed by atoms with Crippen LogP contribution in [0.2, 0.25) is 10.0 Å². The molecule has 0 radical (unpaired) electrons. The highest BCUT2D eigenvalue weighted by Crippen LogP contribution is 2.45. The SMILES string of the molecule is CCOC(=O)C(Cl)(Cl)[C@H](c1ccc(Cl)cc1)c1ccccc1Cl. The molecule has 0 aliphatic carbocycles. The highest BCUT2D eigenvalue weighted by Gasteiger charge is 2.46. The third-order valence-corrected chi connectivity index (χ3v) is 4.67. The molecule has 0 N–H and O–H groups in total. The number of hydrogen-bond donors (Lipinski definition) is 0. The summed E-state index contributed by atoms with van der Waals surface area (Å²) in [5.74, 6) is -1.42. The Labute approximate surface area is 155 Å². The fraction of sp³-hybridized carbons (Fsp3) is 0.235. The number of halogens is 4. The molecule has 0 saturated carbocycles. The molecule has 0 aliphatic rings. The first kappa shape index (κ1) is 18.4. The predicted molar refractivity (Wildman–Crippen MR) is 95.8 cm³/mol. The number of ether oxygens (including phenoxy) is 1. The number of carbonyl (C=O) groups excluding carboxylic acids is 1. The normalized spacial score (nSPS) is 12.7. The lowest BCUT2D eigenvalue weighted by atomic mass is 9.87. The van der Waals surface area contributed by atoms with Crippen molar-refractivity contribution in [1.82, 2.24) is 0 Å². The Hall–Kier alpha value is -0.930. The second-order valence-electron chi connectivity index (χ2n) is 4.85. The number of benzene rings is 2. The van der Waals surface area contributed by atoms with E-state index in [1.54, 1.807) is 55.5 Å². The van der Waals surface area contributed by atoms with Gasteiger partial charge in [0.2, 0.25) is 4.33 Å². The molecule has 0 amide bonds. The lowest BCUT2D eigenvalue weighted by Gasteiger charge is -2.29. The molecule has 0 spiro atoms. The number of esters is 1. The Bertz CT molecular complexity index is 683. The molecule has 0 fully saturated rings. The van der Waals surface area contributed by atoms with Gasteiger partial charge < -0.3 is 4.74 Å². The molecule has 2 rings (SSSR count). The molecule has 2 nitrogen and oxygen atoms in total. The van der Waals surface area contributed by atoms with Gasteiger partial charge in [-0.1, -0.05) is 76.7 Å². The van der Waals surface area contributed by atoms with E-state index in [0.29, 0.717) is 21.2 Å². The first-order valence-electron chi connectivity index (χ1n) is 6.92. The van der Waals surface area contributed by atoms with Crippen molar-refractivity contribution in [3.05, 3.63) is 69.7 Å². The van der Waals surface area contributed by atoms with Crippen LogP contribution in [0, 0.1) is 0 Å². The highest BCUT2D eigenvalue weighted by molar-refractivity contribution is 6.58. The molecule has 2 aromatic carbocycles. The Morgan fingerprint density at radius 2 is 1.70 bits per heavy atom. The van der Waals surface area contributed by atoms with Crippen molar-refractivity contribution in [3.63, 3.8) is 0 Å². The van der Waals surface area contributed by atoms with Gasteiger partial charge in [0, 0.05) is 10.0 Å². The van der Waals surface area contributed by atoms with E-state index in [0.717, 1.165) is 0 Å². The van der Waals surface area contributed by atoms with Crippen molar-refractivity contribution in [1.29, 1.82) is 0 Å². The topological polar surface area (TPSA) is 26.3 Å². The maximum Gasteiger partial charge on any atom is 0.343 e. The largest absolute Gasteiger partial charge is 0.464 e. The van der Waals surface area contributed by atoms with Gasteiger partial charge in [-0.25, -0.2) is 4.79 Å². The number of hydrogen-bond acceptors (Lipinski definition) is 2. The lowest BCUT2D eigenvalue weighted by molar-refractivity contribution is -0.144. The van der Waals surface area contributed by atoms with Crippen molar-refractivity contribution in [2.75, 3.05) is 6.61 Å². The summed E-state index contributed by atoms with van der Waals surface area (Å²) in [4.78, 5) is 12.3. The van der Waals surface area contributed by atoms with E-state index in [1.807, 2.05) is 0 Å². The van der Waals surface area contributed by atoms with E-state index in [2.05, 4.69) is 0 Å². The van der Waals surface area contributed by atoms with Crippen molar-refractivity contribution < 1.29 is 9.53 Å².